The van der Waals surface area contributed by atoms with Crippen molar-refractivity contribution in [1.82, 2.24) is 10.1 Å². The maximum absolute atomic E-state index is 12.3. The molecule has 1 N–H and O–H groups in total. The molecule has 108 valence electrons. The summed E-state index contributed by atoms with van der Waals surface area (Å²) < 4.78 is 5.25. The van der Waals surface area contributed by atoms with Crippen molar-refractivity contribution in [2.75, 3.05) is 11.4 Å². The SMILES string of the molecule is C#CCN1C(=O)N(c2cc(C(C)(C)C)on2)C(O)C1C. The molecule has 2 heterocycles. The molecule has 2 atom stereocenters. The van der Waals surface area contributed by atoms with Gasteiger partial charge in [-0.3, -0.25) is 0 Å². The van der Waals surface area contributed by atoms with Crippen LogP contribution in [0, 0.1) is 12.3 Å². The van der Waals surface area contributed by atoms with Gasteiger partial charge in [0.25, 0.3) is 0 Å². The highest BCUT2D eigenvalue weighted by molar-refractivity contribution is 5.94. The van der Waals surface area contributed by atoms with Gasteiger partial charge in [0, 0.05) is 11.5 Å². The van der Waals surface area contributed by atoms with Crippen LogP contribution in [0.25, 0.3) is 0 Å². The summed E-state index contributed by atoms with van der Waals surface area (Å²) in [6.45, 7) is 7.83. The number of urea groups is 1. The van der Waals surface area contributed by atoms with Gasteiger partial charge in [-0.05, 0) is 6.92 Å². The Morgan fingerprint density at radius 2 is 2.20 bits per heavy atom. The molecule has 0 radical (unpaired) electrons. The lowest BCUT2D eigenvalue weighted by molar-refractivity contribution is 0.133. The van der Waals surface area contributed by atoms with Gasteiger partial charge >= 0.3 is 6.03 Å². The molecular weight excluding hydrogens is 258 g/mol. The van der Waals surface area contributed by atoms with E-state index >= 15 is 0 Å². The summed E-state index contributed by atoms with van der Waals surface area (Å²) in [4.78, 5) is 14.9. The van der Waals surface area contributed by atoms with Crippen LogP contribution in [-0.2, 0) is 5.41 Å². The maximum atomic E-state index is 12.3. The third kappa shape index (κ3) is 2.25. The van der Waals surface area contributed by atoms with Gasteiger partial charge in [-0.1, -0.05) is 31.8 Å². The first-order valence-corrected chi connectivity index (χ1v) is 6.46. The Morgan fingerprint density at radius 3 is 2.70 bits per heavy atom. The Balaban J connectivity index is 2.31. The van der Waals surface area contributed by atoms with Gasteiger partial charge in [0.2, 0.25) is 0 Å². The number of terminal acetylenes is 1. The van der Waals surface area contributed by atoms with E-state index in [1.165, 1.54) is 9.80 Å². The van der Waals surface area contributed by atoms with Gasteiger partial charge in [0.15, 0.2) is 12.0 Å². The normalized spacial score (nSPS) is 23.3. The largest absolute Gasteiger partial charge is 0.371 e. The molecular formula is C14H19N3O3. The highest BCUT2D eigenvalue weighted by atomic mass is 16.5. The van der Waals surface area contributed by atoms with Crippen LogP contribution < -0.4 is 4.90 Å². The molecule has 1 saturated heterocycles. The van der Waals surface area contributed by atoms with Crippen molar-refractivity contribution in [2.24, 2.45) is 0 Å². The van der Waals surface area contributed by atoms with Gasteiger partial charge in [-0.2, -0.15) is 0 Å². The number of hydrogen-bond donors (Lipinski definition) is 1. The molecule has 1 aromatic rings. The fourth-order valence-electron chi connectivity index (χ4n) is 2.08. The maximum Gasteiger partial charge on any atom is 0.329 e. The molecule has 0 bridgehead atoms. The number of amides is 2. The molecule has 0 aliphatic carbocycles. The Hall–Kier alpha value is -2.00. The quantitative estimate of drug-likeness (QED) is 0.833. The van der Waals surface area contributed by atoms with E-state index < -0.39 is 12.3 Å². The van der Waals surface area contributed by atoms with Crippen LogP contribution in [0.2, 0.25) is 0 Å². The number of anilines is 1. The van der Waals surface area contributed by atoms with Crippen molar-refractivity contribution < 1.29 is 14.4 Å². The van der Waals surface area contributed by atoms with E-state index in [2.05, 4.69) is 11.1 Å². The van der Waals surface area contributed by atoms with E-state index in [4.69, 9.17) is 10.9 Å². The smallest absolute Gasteiger partial charge is 0.329 e. The Kier molecular flexibility index (Phi) is 3.48. The van der Waals surface area contributed by atoms with Crippen molar-refractivity contribution in [3.8, 4) is 12.3 Å². The molecule has 20 heavy (non-hydrogen) atoms. The monoisotopic (exact) mass is 277 g/mol. The molecule has 1 aliphatic rings. The molecule has 2 unspecified atom stereocenters. The molecule has 0 aromatic carbocycles. The summed E-state index contributed by atoms with van der Waals surface area (Å²) in [5.74, 6) is 3.37. The van der Waals surface area contributed by atoms with E-state index in [-0.39, 0.29) is 18.0 Å². The lowest BCUT2D eigenvalue weighted by Crippen LogP contribution is -2.35. The summed E-state index contributed by atoms with van der Waals surface area (Å²) in [7, 11) is 0. The molecule has 1 aliphatic heterocycles. The summed E-state index contributed by atoms with van der Waals surface area (Å²) in [5.41, 5.74) is -0.219. The lowest BCUT2D eigenvalue weighted by Gasteiger charge is -2.17. The second-order valence-corrected chi connectivity index (χ2v) is 5.94. The molecule has 1 aromatic heterocycles. The first kappa shape index (κ1) is 14.4. The van der Waals surface area contributed by atoms with Crippen LogP contribution >= 0.6 is 0 Å². The number of hydrogen-bond acceptors (Lipinski definition) is 4. The minimum atomic E-state index is -0.992. The van der Waals surface area contributed by atoms with Gasteiger partial charge < -0.3 is 14.5 Å². The Morgan fingerprint density at radius 1 is 1.55 bits per heavy atom. The number of carbonyl (C=O) groups is 1. The van der Waals surface area contributed by atoms with Gasteiger partial charge in [-0.25, -0.2) is 9.69 Å². The molecule has 0 saturated carbocycles. The zero-order valence-corrected chi connectivity index (χ0v) is 12.1. The van der Waals surface area contributed by atoms with Gasteiger partial charge in [0.1, 0.15) is 5.76 Å². The fraction of sp³-hybridized carbons (Fsp3) is 0.571. The number of aliphatic hydroxyl groups excluding tert-OH is 1. The molecule has 2 rings (SSSR count). The lowest BCUT2D eigenvalue weighted by atomic mass is 9.93. The summed E-state index contributed by atoms with van der Waals surface area (Å²) >= 11 is 0. The van der Waals surface area contributed by atoms with Gasteiger partial charge in [0.05, 0.1) is 12.6 Å². The molecule has 6 nitrogen and oxygen atoms in total. The summed E-state index contributed by atoms with van der Waals surface area (Å²) in [5, 5.41) is 14.1. The van der Waals surface area contributed by atoms with Crippen LogP contribution in [0.4, 0.5) is 10.6 Å². The third-order valence-corrected chi connectivity index (χ3v) is 3.38. The molecule has 2 amide bonds. The average Bonchev–Trinajstić information content (AvgIpc) is 2.90. The zero-order valence-electron chi connectivity index (χ0n) is 12.1. The number of carbonyl (C=O) groups excluding carboxylic acids is 1. The standard InChI is InChI=1S/C14H19N3O3/c1-6-7-16-9(2)12(18)17(13(16)19)11-8-10(20-15-11)14(3,4)5/h1,8-9,12,18H,7H2,2-5H3. The predicted molar refractivity (Wildman–Crippen MR) is 74.1 cm³/mol. The summed E-state index contributed by atoms with van der Waals surface area (Å²) in [6.07, 6.45) is 4.25. The van der Waals surface area contributed by atoms with E-state index in [1.54, 1.807) is 13.0 Å². The number of aliphatic hydroxyl groups is 1. The van der Waals surface area contributed by atoms with Crippen LogP contribution in [0.5, 0.6) is 0 Å². The van der Waals surface area contributed by atoms with Crippen LogP contribution in [0.1, 0.15) is 33.5 Å². The van der Waals surface area contributed by atoms with Gasteiger partial charge in [-0.15, -0.1) is 6.42 Å². The first-order valence-electron chi connectivity index (χ1n) is 6.46. The average molecular weight is 277 g/mol. The number of nitrogens with zero attached hydrogens (tertiary/aromatic N) is 3. The van der Waals surface area contributed by atoms with Crippen LogP contribution in [0.3, 0.4) is 0 Å². The first-order chi connectivity index (χ1) is 9.27. The van der Waals surface area contributed by atoms with E-state index in [9.17, 15) is 9.90 Å². The van der Waals surface area contributed by atoms with E-state index in [0.29, 0.717) is 11.6 Å². The number of aromatic nitrogens is 1. The highest BCUT2D eigenvalue weighted by Crippen LogP contribution is 2.31. The predicted octanol–water partition coefficient (Wildman–Crippen LogP) is 1.55. The second kappa shape index (κ2) is 4.84. The minimum Gasteiger partial charge on any atom is -0.371 e. The van der Waals surface area contributed by atoms with E-state index in [0.717, 1.165) is 0 Å². The molecule has 0 spiro atoms. The Labute approximate surface area is 118 Å². The third-order valence-electron chi connectivity index (χ3n) is 3.38. The Bertz CT molecular complexity index is 553. The number of rotatable bonds is 2. The molecule has 1 fully saturated rings. The van der Waals surface area contributed by atoms with E-state index in [1.807, 2.05) is 20.8 Å². The minimum absolute atomic E-state index is 0.150. The molecule has 6 heteroatoms. The summed E-state index contributed by atoms with van der Waals surface area (Å²) in [6, 6.07) is 0.915. The van der Waals surface area contributed by atoms with Crippen molar-refractivity contribution >= 4 is 11.8 Å². The fourth-order valence-corrected chi connectivity index (χ4v) is 2.08. The van der Waals surface area contributed by atoms with Crippen molar-refractivity contribution in [3.05, 3.63) is 11.8 Å². The zero-order chi connectivity index (χ0) is 15.1. The van der Waals surface area contributed by atoms with Crippen molar-refractivity contribution in [1.29, 1.82) is 0 Å². The van der Waals surface area contributed by atoms with Crippen molar-refractivity contribution in [3.63, 3.8) is 0 Å². The highest BCUT2D eigenvalue weighted by Gasteiger charge is 2.44. The second-order valence-electron chi connectivity index (χ2n) is 5.94. The topological polar surface area (TPSA) is 69.8 Å². The van der Waals surface area contributed by atoms with Crippen molar-refractivity contribution in [2.45, 2.75) is 45.4 Å². The van der Waals surface area contributed by atoms with Crippen LogP contribution in [-0.4, -0.2) is 40.0 Å². The van der Waals surface area contributed by atoms with Crippen LogP contribution in [0.15, 0.2) is 10.6 Å².